The Hall–Kier alpha value is -1.10. The van der Waals surface area contributed by atoms with Crippen LogP contribution >= 0.6 is 0 Å². The quantitative estimate of drug-likeness (QED) is 0.794. The summed E-state index contributed by atoms with van der Waals surface area (Å²) in [5.74, 6) is -1.20. The smallest absolute Gasteiger partial charge is 0.306 e. The molecule has 18 heavy (non-hydrogen) atoms. The normalized spacial score (nSPS) is 29.8. The molecule has 0 radical (unpaired) electrons. The Morgan fingerprint density at radius 2 is 1.72 bits per heavy atom. The maximum Gasteiger partial charge on any atom is 0.306 e. The molecule has 2 unspecified atom stereocenters. The molecule has 1 saturated heterocycles. The van der Waals surface area contributed by atoms with Crippen molar-refractivity contribution in [3.63, 3.8) is 0 Å². The van der Waals surface area contributed by atoms with Crippen LogP contribution < -0.4 is 5.32 Å². The molecule has 1 aliphatic carbocycles. The van der Waals surface area contributed by atoms with Crippen LogP contribution in [0.25, 0.3) is 0 Å². The second-order valence-corrected chi connectivity index (χ2v) is 5.29. The molecule has 5 heteroatoms. The van der Waals surface area contributed by atoms with E-state index in [2.05, 4.69) is 5.32 Å². The van der Waals surface area contributed by atoms with Gasteiger partial charge in [-0.3, -0.25) is 9.59 Å². The molecule has 2 aliphatic rings. The maximum atomic E-state index is 12.1. The van der Waals surface area contributed by atoms with Crippen LogP contribution in [0, 0.1) is 11.8 Å². The standard InChI is InChI=1S/C13H21NO4/c15-12(14-11-4-6-18-7-5-11)9-2-1-3-10(8-9)13(16)17/h9-11H,1-8H2,(H,14,15)(H,16,17). The Bertz CT molecular complexity index is 312. The molecule has 0 aromatic carbocycles. The number of rotatable bonds is 3. The zero-order valence-electron chi connectivity index (χ0n) is 10.6. The lowest BCUT2D eigenvalue weighted by atomic mass is 9.81. The van der Waals surface area contributed by atoms with Gasteiger partial charge < -0.3 is 15.2 Å². The fourth-order valence-corrected chi connectivity index (χ4v) is 2.81. The maximum absolute atomic E-state index is 12.1. The largest absolute Gasteiger partial charge is 0.481 e. The van der Waals surface area contributed by atoms with E-state index in [0.29, 0.717) is 26.1 Å². The summed E-state index contributed by atoms with van der Waals surface area (Å²) in [6.07, 6.45) is 4.57. The number of carbonyl (C=O) groups excluding carboxylic acids is 1. The molecule has 2 fully saturated rings. The van der Waals surface area contributed by atoms with Crippen LogP contribution in [-0.2, 0) is 14.3 Å². The van der Waals surface area contributed by atoms with Gasteiger partial charge in [-0.05, 0) is 32.1 Å². The fraction of sp³-hybridized carbons (Fsp3) is 0.846. The second kappa shape index (κ2) is 6.18. The summed E-state index contributed by atoms with van der Waals surface area (Å²) < 4.78 is 5.25. The van der Waals surface area contributed by atoms with Gasteiger partial charge in [-0.25, -0.2) is 0 Å². The van der Waals surface area contributed by atoms with E-state index in [1.165, 1.54) is 0 Å². The van der Waals surface area contributed by atoms with Crippen molar-refractivity contribution in [2.45, 2.75) is 44.6 Å². The zero-order chi connectivity index (χ0) is 13.0. The van der Waals surface area contributed by atoms with E-state index in [4.69, 9.17) is 9.84 Å². The average molecular weight is 255 g/mol. The lowest BCUT2D eigenvalue weighted by Crippen LogP contribution is -2.43. The minimum absolute atomic E-state index is 0.0350. The predicted octanol–water partition coefficient (Wildman–Crippen LogP) is 1.17. The van der Waals surface area contributed by atoms with Gasteiger partial charge >= 0.3 is 5.97 Å². The fourth-order valence-electron chi connectivity index (χ4n) is 2.81. The minimum atomic E-state index is -0.765. The zero-order valence-corrected chi connectivity index (χ0v) is 10.6. The van der Waals surface area contributed by atoms with E-state index in [9.17, 15) is 9.59 Å². The Morgan fingerprint density at radius 1 is 1.06 bits per heavy atom. The molecular formula is C13H21NO4. The number of hydrogen-bond donors (Lipinski definition) is 2. The molecule has 1 amide bonds. The van der Waals surface area contributed by atoms with Crippen molar-refractivity contribution in [1.82, 2.24) is 5.32 Å². The van der Waals surface area contributed by atoms with E-state index in [1.54, 1.807) is 0 Å². The Morgan fingerprint density at radius 3 is 2.39 bits per heavy atom. The van der Waals surface area contributed by atoms with Crippen LogP contribution in [0.3, 0.4) is 0 Å². The number of amides is 1. The van der Waals surface area contributed by atoms with Gasteiger partial charge in [0.25, 0.3) is 0 Å². The first-order valence-electron chi connectivity index (χ1n) is 6.77. The molecule has 5 nitrogen and oxygen atoms in total. The average Bonchev–Trinajstić information content (AvgIpc) is 2.40. The van der Waals surface area contributed by atoms with Crippen molar-refractivity contribution in [2.24, 2.45) is 11.8 Å². The molecule has 102 valence electrons. The highest BCUT2D eigenvalue weighted by atomic mass is 16.5. The predicted molar refractivity (Wildman–Crippen MR) is 65.1 cm³/mol. The van der Waals surface area contributed by atoms with Gasteiger partial charge in [-0.2, -0.15) is 0 Å². The summed E-state index contributed by atoms with van der Waals surface area (Å²) in [5.41, 5.74) is 0. The van der Waals surface area contributed by atoms with Crippen molar-refractivity contribution in [1.29, 1.82) is 0 Å². The van der Waals surface area contributed by atoms with Gasteiger partial charge in [-0.1, -0.05) is 6.42 Å². The third kappa shape index (κ3) is 3.45. The first-order chi connectivity index (χ1) is 8.66. The Kier molecular flexibility index (Phi) is 4.58. The highest BCUT2D eigenvalue weighted by molar-refractivity contribution is 5.80. The van der Waals surface area contributed by atoms with E-state index in [0.717, 1.165) is 25.7 Å². The molecular weight excluding hydrogens is 234 g/mol. The molecule has 0 aromatic heterocycles. The van der Waals surface area contributed by atoms with E-state index in [-0.39, 0.29) is 23.8 Å². The third-order valence-electron chi connectivity index (χ3n) is 3.96. The molecule has 0 aromatic rings. The number of aliphatic carboxylic acids is 1. The topological polar surface area (TPSA) is 75.6 Å². The molecule has 1 saturated carbocycles. The van der Waals surface area contributed by atoms with Gasteiger partial charge in [0.1, 0.15) is 0 Å². The lowest BCUT2D eigenvalue weighted by Gasteiger charge is -2.29. The first kappa shape index (κ1) is 13.3. The molecule has 0 bridgehead atoms. The van der Waals surface area contributed by atoms with Gasteiger partial charge in [0.2, 0.25) is 5.91 Å². The Balaban J connectivity index is 1.82. The summed E-state index contributed by atoms with van der Waals surface area (Å²) in [7, 11) is 0. The van der Waals surface area contributed by atoms with Crippen molar-refractivity contribution in [2.75, 3.05) is 13.2 Å². The van der Waals surface area contributed by atoms with Crippen molar-refractivity contribution < 1.29 is 19.4 Å². The number of carboxylic acid groups (broad SMARTS) is 1. The molecule has 2 rings (SSSR count). The summed E-state index contributed by atoms with van der Waals surface area (Å²) in [4.78, 5) is 23.1. The number of ether oxygens (including phenoxy) is 1. The van der Waals surface area contributed by atoms with E-state index < -0.39 is 5.97 Å². The summed E-state index contributed by atoms with van der Waals surface area (Å²) in [5, 5.41) is 12.0. The highest BCUT2D eigenvalue weighted by Crippen LogP contribution is 2.29. The molecule has 0 spiro atoms. The summed E-state index contributed by atoms with van der Waals surface area (Å²) in [6, 6.07) is 0.205. The molecule has 1 aliphatic heterocycles. The lowest BCUT2D eigenvalue weighted by molar-refractivity contribution is -0.144. The molecule has 1 heterocycles. The second-order valence-electron chi connectivity index (χ2n) is 5.29. The molecule has 2 atom stereocenters. The van der Waals surface area contributed by atoms with Gasteiger partial charge in [0, 0.05) is 25.2 Å². The SMILES string of the molecule is O=C(O)C1CCCC(C(=O)NC2CCOCC2)C1. The monoisotopic (exact) mass is 255 g/mol. The van der Waals surface area contributed by atoms with Gasteiger partial charge in [-0.15, -0.1) is 0 Å². The first-order valence-corrected chi connectivity index (χ1v) is 6.77. The Labute approximate surface area is 107 Å². The summed E-state index contributed by atoms with van der Waals surface area (Å²) in [6.45, 7) is 1.40. The van der Waals surface area contributed by atoms with Crippen molar-refractivity contribution in [3.05, 3.63) is 0 Å². The third-order valence-corrected chi connectivity index (χ3v) is 3.96. The van der Waals surface area contributed by atoms with Crippen molar-refractivity contribution >= 4 is 11.9 Å². The minimum Gasteiger partial charge on any atom is -0.481 e. The van der Waals surface area contributed by atoms with E-state index in [1.807, 2.05) is 0 Å². The van der Waals surface area contributed by atoms with Crippen LogP contribution in [0.4, 0.5) is 0 Å². The summed E-state index contributed by atoms with van der Waals surface area (Å²) >= 11 is 0. The van der Waals surface area contributed by atoms with E-state index >= 15 is 0 Å². The number of hydrogen-bond acceptors (Lipinski definition) is 3. The molecule has 2 N–H and O–H groups in total. The number of carbonyl (C=O) groups is 2. The van der Waals surface area contributed by atoms with Crippen LogP contribution in [0.2, 0.25) is 0 Å². The number of carboxylic acids is 1. The van der Waals surface area contributed by atoms with Crippen LogP contribution in [-0.4, -0.2) is 36.2 Å². The van der Waals surface area contributed by atoms with Crippen LogP contribution in [0.5, 0.6) is 0 Å². The van der Waals surface area contributed by atoms with Gasteiger partial charge in [0.05, 0.1) is 5.92 Å². The van der Waals surface area contributed by atoms with Crippen molar-refractivity contribution in [3.8, 4) is 0 Å². The number of nitrogens with one attached hydrogen (secondary N) is 1. The van der Waals surface area contributed by atoms with Crippen LogP contribution in [0.1, 0.15) is 38.5 Å². The highest BCUT2D eigenvalue weighted by Gasteiger charge is 2.31. The van der Waals surface area contributed by atoms with Crippen LogP contribution in [0.15, 0.2) is 0 Å². The van der Waals surface area contributed by atoms with Gasteiger partial charge in [0.15, 0.2) is 0 Å².